The van der Waals surface area contributed by atoms with E-state index < -0.39 is 0 Å². The molecule has 0 bridgehead atoms. The number of nitrogens with zero attached hydrogens (tertiary/aromatic N) is 1. The molecule has 0 aromatic rings. The maximum absolute atomic E-state index is 9.64. The summed E-state index contributed by atoms with van der Waals surface area (Å²) in [5, 5.41) is 13.0. The Morgan fingerprint density at radius 3 is 2.88 bits per heavy atom. The summed E-state index contributed by atoms with van der Waals surface area (Å²) >= 11 is 0. The largest absolute Gasteiger partial charge is 0.390 e. The molecule has 0 radical (unpaired) electrons. The van der Waals surface area contributed by atoms with E-state index >= 15 is 0 Å². The number of hydrogen-bond acceptors (Lipinski definition) is 3. The fraction of sp³-hybridized carbons (Fsp3) is 0.846. The lowest BCUT2D eigenvalue weighted by molar-refractivity contribution is 0.135. The molecule has 3 heteroatoms. The van der Waals surface area contributed by atoms with E-state index in [0.717, 1.165) is 19.5 Å². The molecular weight excluding hydrogens is 200 g/mol. The number of nitrogens with one attached hydrogen (secondary N) is 1. The average Bonchev–Trinajstić information content (AvgIpc) is 2.25. The molecule has 0 aromatic carbocycles. The van der Waals surface area contributed by atoms with E-state index in [1.54, 1.807) is 5.57 Å². The van der Waals surface area contributed by atoms with Crippen LogP contribution in [0.5, 0.6) is 0 Å². The Hall–Kier alpha value is -0.380. The van der Waals surface area contributed by atoms with Gasteiger partial charge in [0.1, 0.15) is 0 Å². The normalized spacial score (nSPS) is 18.6. The van der Waals surface area contributed by atoms with E-state index in [2.05, 4.69) is 11.4 Å². The molecular formula is C13H26N2O. The lowest BCUT2D eigenvalue weighted by Gasteiger charge is -2.17. The summed E-state index contributed by atoms with van der Waals surface area (Å²) < 4.78 is 0. The average molecular weight is 226 g/mol. The molecule has 94 valence electrons. The minimum Gasteiger partial charge on any atom is -0.390 e. The second kappa shape index (κ2) is 7.82. The highest BCUT2D eigenvalue weighted by atomic mass is 16.3. The van der Waals surface area contributed by atoms with Crippen molar-refractivity contribution in [3.63, 3.8) is 0 Å². The molecule has 1 aliphatic rings. The molecule has 0 aromatic heterocycles. The summed E-state index contributed by atoms with van der Waals surface area (Å²) in [7, 11) is 3.96. The van der Waals surface area contributed by atoms with Crippen LogP contribution in [0.15, 0.2) is 11.6 Å². The molecule has 1 atom stereocenters. The van der Waals surface area contributed by atoms with E-state index in [4.69, 9.17) is 0 Å². The van der Waals surface area contributed by atoms with Gasteiger partial charge >= 0.3 is 0 Å². The van der Waals surface area contributed by atoms with Crippen LogP contribution >= 0.6 is 0 Å². The summed E-state index contributed by atoms with van der Waals surface area (Å²) in [5.41, 5.74) is 1.60. The summed E-state index contributed by atoms with van der Waals surface area (Å²) in [4.78, 5) is 2.01. The Bertz CT molecular complexity index is 214. The number of likely N-dealkylation sites (N-methyl/N-ethyl adjacent to an activating group) is 1. The van der Waals surface area contributed by atoms with Crippen LogP contribution in [0.3, 0.4) is 0 Å². The zero-order valence-corrected chi connectivity index (χ0v) is 10.7. The smallest absolute Gasteiger partial charge is 0.0791 e. The van der Waals surface area contributed by atoms with Gasteiger partial charge < -0.3 is 15.3 Å². The van der Waals surface area contributed by atoms with Gasteiger partial charge in [-0.25, -0.2) is 0 Å². The topological polar surface area (TPSA) is 35.5 Å². The van der Waals surface area contributed by atoms with Gasteiger partial charge in [0, 0.05) is 13.1 Å². The highest BCUT2D eigenvalue weighted by Gasteiger charge is 2.06. The van der Waals surface area contributed by atoms with Crippen LogP contribution in [0.4, 0.5) is 0 Å². The van der Waals surface area contributed by atoms with E-state index in [1.165, 1.54) is 25.7 Å². The van der Waals surface area contributed by atoms with Gasteiger partial charge in [-0.15, -0.1) is 0 Å². The summed E-state index contributed by atoms with van der Waals surface area (Å²) in [6.07, 6.45) is 8.54. The van der Waals surface area contributed by atoms with Gasteiger partial charge in [-0.3, -0.25) is 0 Å². The molecule has 0 saturated carbocycles. The van der Waals surface area contributed by atoms with Crippen LogP contribution in [0, 0.1) is 0 Å². The molecule has 3 nitrogen and oxygen atoms in total. The third-order valence-corrected chi connectivity index (χ3v) is 2.96. The van der Waals surface area contributed by atoms with Gasteiger partial charge in [0.2, 0.25) is 0 Å². The van der Waals surface area contributed by atoms with Crippen molar-refractivity contribution in [3.05, 3.63) is 11.6 Å². The minimum atomic E-state index is -0.254. The molecule has 0 amide bonds. The van der Waals surface area contributed by atoms with Gasteiger partial charge in [-0.05, 0) is 52.7 Å². The third-order valence-electron chi connectivity index (χ3n) is 2.96. The van der Waals surface area contributed by atoms with E-state index in [-0.39, 0.29) is 6.10 Å². The van der Waals surface area contributed by atoms with Crippen molar-refractivity contribution < 1.29 is 5.11 Å². The standard InChI is InChI=1S/C13H26N2O/c1-15(2)11-13(16)10-14-9-8-12-6-4-3-5-7-12/h6,13-14,16H,3-5,7-11H2,1-2H3. The van der Waals surface area contributed by atoms with Gasteiger partial charge in [-0.2, -0.15) is 0 Å². The molecule has 0 saturated heterocycles. The maximum Gasteiger partial charge on any atom is 0.0791 e. The fourth-order valence-electron chi connectivity index (χ4n) is 2.14. The van der Waals surface area contributed by atoms with Gasteiger partial charge in [0.25, 0.3) is 0 Å². The highest BCUT2D eigenvalue weighted by Crippen LogP contribution is 2.19. The Kier molecular flexibility index (Phi) is 6.69. The SMILES string of the molecule is CN(C)CC(O)CNCCC1=CCCCC1. The van der Waals surface area contributed by atoms with Crippen LogP contribution in [-0.4, -0.2) is 49.8 Å². The lowest BCUT2D eigenvalue weighted by Crippen LogP contribution is -2.35. The van der Waals surface area contributed by atoms with Crippen LogP contribution in [0.1, 0.15) is 32.1 Å². The van der Waals surface area contributed by atoms with Crippen LogP contribution in [0.25, 0.3) is 0 Å². The number of aliphatic hydroxyl groups is 1. The van der Waals surface area contributed by atoms with Gasteiger partial charge in [0.05, 0.1) is 6.10 Å². The number of allylic oxidation sites excluding steroid dienone is 1. The monoisotopic (exact) mass is 226 g/mol. The van der Waals surface area contributed by atoms with Gasteiger partial charge in [0.15, 0.2) is 0 Å². The Balaban J connectivity index is 2.00. The fourth-order valence-corrected chi connectivity index (χ4v) is 2.14. The number of hydrogen-bond donors (Lipinski definition) is 2. The van der Waals surface area contributed by atoms with E-state index in [9.17, 15) is 5.11 Å². The zero-order chi connectivity index (χ0) is 11.8. The molecule has 0 aliphatic heterocycles. The van der Waals surface area contributed by atoms with E-state index in [0.29, 0.717) is 6.54 Å². The first-order valence-electron chi connectivity index (χ1n) is 6.40. The zero-order valence-electron chi connectivity index (χ0n) is 10.7. The van der Waals surface area contributed by atoms with Crippen molar-refractivity contribution in [3.8, 4) is 0 Å². The third kappa shape index (κ3) is 6.26. The van der Waals surface area contributed by atoms with Crippen LogP contribution in [0.2, 0.25) is 0 Å². The lowest BCUT2D eigenvalue weighted by atomic mass is 9.97. The summed E-state index contributed by atoms with van der Waals surface area (Å²) in [6, 6.07) is 0. The molecule has 0 spiro atoms. The summed E-state index contributed by atoms with van der Waals surface area (Å²) in [6.45, 7) is 2.43. The molecule has 1 rings (SSSR count). The Morgan fingerprint density at radius 1 is 1.44 bits per heavy atom. The number of aliphatic hydroxyl groups excluding tert-OH is 1. The van der Waals surface area contributed by atoms with Crippen molar-refractivity contribution in [2.45, 2.75) is 38.2 Å². The molecule has 0 heterocycles. The second-order valence-corrected chi connectivity index (χ2v) is 4.98. The van der Waals surface area contributed by atoms with E-state index in [1.807, 2.05) is 19.0 Å². The quantitative estimate of drug-likeness (QED) is 0.509. The van der Waals surface area contributed by atoms with Gasteiger partial charge in [-0.1, -0.05) is 11.6 Å². The van der Waals surface area contributed by atoms with Crippen molar-refractivity contribution >= 4 is 0 Å². The molecule has 1 unspecified atom stereocenters. The van der Waals surface area contributed by atoms with Crippen LogP contribution < -0.4 is 5.32 Å². The van der Waals surface area contributed by atoms with Crippen molar-refractivity contribution in [2.75, 3.05) is 33.7 Å². The van der Waals surface area contributed by atoms with Crippen LogP contribution in [-0.2, 0) is 0 Å². The Morgan fingerprint density at radius 2 is 2.25 bits per heavy atom. The molecule has 1 aliphatic carbocycles. The number of rotatable bonds is 7. The predicted molar refractivity (Wildman–Crippen MR) is 68.6 cm³/mol. The molecule has 2 N–H and O–H groups in total. The summed E-state index contributed by atoms with van der Waals surface area (Å²) in [5.74, 6) is 0. The first kappa shape index (κ1) is 13.7. The second-order valence-electron chi connectivity index (χ2n) is 4.98. The highest BCUT2D eigenvalue weighted by molar-refractivity contribution is 5.05. The molecule has 0 fully saturated rings. The predicted octanol–water partition coefficient (Wildman–Crippen LogP) is 1.39. The van der Waals surface area contributed by atoms with Crippen molar-refractivity contribution in [2.24, 2.45) is 0 Å². The molecule has 16 heavy (non-hydrogen) atoms. The minimum absolute atomic E-state index is 0.254. The van der Waals surface area contributed by atoms with Crippen molar-refractivity contribution in [1.82, 2.24) is 10.2 Å². The maximum atomic E-state index is 9.64. The first-order valence-corrected chi connectivity index (χ1v) is 6.40. The first-order chi connectivity index (χ1) is 7.68. The Labute approximate surface area is 99.5 Å². The van der Waals surface area contributed by atoms with Crippen molar-refractivity contribution in [1.29, 1.82) is 0 Å².